The highest BCUT2D eigenvalue weighted by Gasteiger charge is 2.29. The molecule has 1 aliphatic heterocycles. The van der Waals surface area contributed by atoms with Crippen molar-refractivity contribution >= 4 is 23.0 Å². The van der Waals surface area contributed by atoms with E-state index in [0.717, 1.165) is 23.1 Å². The number of H-pyrrole nitrogens is 1. The maximum absolute atomic E-state index is 12.3. The van der Waals surface area contributed by atoms with Crippen molar-refractivity contribution in [2.24, 2.45) is 0 Å². The number of rotatable bonds is 7. The molecule has 0 radical (unpaired) electrons. The van der Waals surface area contributed by atoms with Crippen LogP contribution >= 0.6 is 0 Å². The largest absolute Gasteiger partial charge is 0.370 e. The molecule has 6 nitrogen and oxygen atoms in total. The number of nitrogens with zero attached hydrogens (tertiary/aromatic N) is 3. The third-order valence-corrected chi connectivity index (χ3v) is 4.74. The molecular formula is C21H28N4O2. The van der Waals surface area contributed by atoms with Gasteiger partial charge < -0.3 is 19.5 Å². The molecule has 1 saturated heterocycles. The van der Waals surface area contributed by atoms with Crippen molar-refractivity contribution in [2.75, 3.05) is 33.8 Å². The Morgan fingerprint density at radius 2 is 2.22 bits per heavy atom. The first kappa shape index (κ1) is 19.3. The van der Waals surface area contributed by atoms with Crippen molar-refractivity contribution in [3.63, 3.8) is 0 Å². The number of nitrogens with one attached hydrogen (secondary N) is 1. The number of carbonyl (C=O) groups excluding carboxylic acids is 1. The second-order valence-electron chi connectivity index (χ2n) is 7.36. The van der Waals surface area contributed by atoms with Crippen LogP contribution in [0.2, 0.25) is 0 Å². The standard InChI is InChI=1S/C21H28N4O2/c1-5-15(2)14-27-18-12-25(13-18)20(26)7-6-16-8-19-17(11-24(3)4)10-23-21(19)22-9-16/h5-10,18H,11-14H2,1-4H3,(H,22,23). The van der Waals surface area contributed by atoms with E-state index in [1.165, 1.54) is 11.1 Å². The van der Waals surface area contributed by atoms with Crippen molar-refractivity contribution in [2.45, 2.75) is 26.5 Å². The molecule has 0 bridgehead atoms. The molecular weight excluding hydrogens is 340 g/mol. The number of ether oxygens (including phenoxy) is 1. The van der Waals surface area contributed by atoms with Crippen LogP contribution in [0, 0.1) is 0 Å². The summed E-state index contributed by atoms with van der Waals surface area (Å²) in [6, 6.07) is 2.07. The lowest BCUT2D eigenvalue weighted by Gasteiger charge is -2.38. The van der Waals surface area contributed by atoms with Gasteiger partial charge in [-0.25, -0.2) is 4.98 Å². The summed E-state index contributed by atoms with van der Waals surface area (Å²) in [7, 11) is 4.08. The number of amides is 1. The normalized spacial score (nSPS) is 15.9. The van der Waals surface area contributed by atoms with Crippen molar-refractivity contribution in [1.82, 2.24) is 19.8 Å². The molecule has 1 aliphatic rings. The van der Waals surface area contributed by atoms with Crippen molar-refractivity contribution in [3.8, 4) is 0 Å². The van der Waals surface area contributed by atoms with E-state index in [2.05, 4.69) is 20.9 Å². The van der Waals surface area contributed by atoms with Gasteiger partial charge in [0.2, 0.25) is 5.91 Å². The molecule has 1 N–H and O–H groups in total. The topological polar surface area (TPSA) is 61.5 Å². The first-order valence-corrected chi connectivity index (χ1v) is 9.27. The van der Waals surface area contributed by atoms with E-state index in [9.17, 15) is 4.79 Å². The third kappa shape index (κ3) is 4.84. The van der Waals surface area contributed by atoms with Gasteiger partial charge in [0.05, 0.1) is 12.7 Å². The molecule has 0 aromatic carbocycles. The summed E-state index contributed by atoms with van der Waals surface area (Å²) in [5.74, 6) is 0.0142. The number of carbonyl (C=O) groups is 1. The molecule has 2 aromatic heterocycles. The van der Waals surface area contributed by atoms with Crippen molar-refractivity contribution in [1.29, 1.82) is 0 Å². The Hall–Kier alpha value is -2.44. The minimum Gasteiger partial charge on any atom is -0.370 e. The molecule has 0 aliphatic carbocycles. The van der Waals surface area contributed by atoms with Crippen LogP contribution in [0.1, 0.15) is 25.0 Å². The van der Waals surface area contributed by atoms with Gasteiger partial charge in [0.1, 0.15) is 5.65 Å². The van der Waals surface area contributed by atoms with Crippen LogP contribution in [0.3, 0.4) is 0 Å². The quantitative estimate of drug-likeness (QED) is 0.603. The number of aromatic amines is 1. The Morgan fingerprint density at radius 1 is 1.44 bits per heavy atom. The SMILES string of the molecule is CC=C(C)COC1CN(C(=O)C=Cc2cnc3[nH]cc(CN(C)C)c3c2)C1. The summed E-state index contributed by atoms with van der Waals surface area (Å²) < 4.78 is 5.75. The lowest BCUT2D eigenvalue weighted by atomic mass is 10.1. The number of hydrogen-bond acceptors (Lipinski definition) is 4. The lowest BCUT2D eigenvalue weighted by molar-refractivity contribution is -0.138. The molecule has 0 saturated carbocycles. The van der Waals surface area contributed by atoms with Gasteiger partial charge in [-0.05, 0) is 51.2 Å². The van der Waals surface area contributed by atoms with Crippen LogP contribution in [0.5, 0.6) is 0 Å². The highest BCUT2D eigenvalue weighted by molar-refractivity contribution is 5.93. The molecule has 0 atom stereocenters. The molecule has 3 heterocycles. The Kier molecular flexibility index (Phi) is 6.08. The van der Waals surface area contributed by atoms with Gasteiger partial charge in [0.25, 0.3) is 0 Å². The zero-order valence-corrected chi connectivity index (χ0v) is 16.5. The fraction of sp³-hybridized carbons (Fsp3) is 0.429. The van der Waals surface area contributed by atoms with E-state index in [1.54, 1.807) is 17.2 Å². The number of allylic oxidation sites excluding steroid dienone is 1. The molecule has 6 heteroatoms. The van der Waals surface area contributed by atoms with E-state index in [1.807, 2.05) is 46.3 Å². The Bertz CT molecular complexity index is 860. The summed E-state index contributed by atoms with van der Waals surface area (Å²) in [6.45, 7) is 6.84. The average Bonchev–Trinajstić information content (AvgIpc) is 2.99. The van der Waals surface area contributed by atoms with Crippen molar-refractivity contribution < 1.29 is 9.53 Å². The van der Waals surface area contributed by atoms with Crippen LogP contribution in [0.15, 0.2) is 36.2 Å². The van der Waals surface area contributed by atoms with E-state index in [0.29, 0.717) is 19.7 Å². The molecule has 27 heavy (non-hydrogen) atoms. The Balaban J connectivity index is 1.57. The van der Waals surface area contributed by atoms with Gasteiger partial charge in [-0.1, -0.05) is 11.6 Å². The predicted molar refractivity (Wildman–Crippen MR) is 108 cm³/mol. The van der Waals surface area contributed by atoms with E-state index in [4.69, 9.17) is 4.74 Å². The van der Waals surface area contributed by atoms with E-state index < -0.39 is 0 Å². The summed E-state index contributed by atoms with van der Waals surface area (Å²) in [6.07, 6.45) is 9.41. The zero-order valence-electron chi connectivity index (χ0n) is 16.5. The van der Waals surface area contributed by atoms with Gasteiger partial charge >= 0.3 is 0 Å². The van der Waals surface area contributed by atoms with Gasteiger partial charge in [-0.2, -0.15) is 0 Å². The van der Waals surface area contributed by atoms with Crippen LogP contribution in [-0.4, -0.2) is 65.6 Å². The van der Waals surface area contributed by atoms with E-state index in [-0.39, 0.29) is 12.0 Å². The fourth-order valence-corrected chi connectivity index (χ4v) is 2.97. The minimum absolute atomic E-state index is 0.0142. The molecule has 144 valence electrons. The molecule has 3 rings (SSSR count). The number of fused-ring (bicyclic) bond motifs is 1. The average molecular weight is 368 g/mol. The van der Waals surface area contributed by atoms with Gasteiger partial charge in [0.15, 0.2) is 0 Å². The molecule has 1 amide bonds. The summed E-state index contributed by atoms with van der Waals surface area (Å²) in [5.41, 5.74) is 4.20. The van der Waals surface area contributed by atoms with Gasteiger partial charge in [-0.3, -0.25) is 4.79 Å². The minimum atomic E-state index is 0.0142. The number of hydrogen-bond donors (Lipinski definition) is 1. The molecule has 1 fully saturated rings. The maximum atomic E-state index is 12.3. The molecule has 0 unspecified atom stereocenters. The highest BCUT2D eigenvalue weighted by Crippen LogP contribution is 2.20. The van der Waals surface area contributed by atoms with E-state index >= 15 is 0 Å². The van der Waals surface area contributed by atoms with Gasteiger partial charge in [0, 0.05) is 43.5 Å². The molecule has 2 aromatic rings. The lowest BCUT2D eigenvalue weighted by Crippen LogP contribution is -2.54. The summed E-state index contributed by atoms with van der Waals surface area (Å²) in [5, 5.41) is 1.09. The second kappa shape index (κ2) is 8.50. The summed E-state index contributed by atoms with van der Waals surface area (Å²) >= 11 is 0. The van der Waals surface area contributed by atoms with Crippen LogP contribution in [-0.2, 0) is 16.1 Å². The zero-order chi connectivity index (χ0) is 19.4. The van der Waals surface area contributed by atoms with Crippen LogP contribution < -0.4 is 0 Å². The van der Waals surface area contributed by atoms with Crippen LogP contribution in [0.25, 0.3) is 17.1 Å². The smallest absolute Gasteiger partial charge is 0.246 e. The predicted octanol–water partition coefficient (Wildman–Crippen LogP) is 2.83. The molecule has 0 spiro atoms. The first-order chi connectivity index (χ1) is 13.0. The maximum Gasteiger partial charge on any atom is 0.246 e. The monoisotopic (exact) mass is 368 g/mol. The fourth-order valence-electron chi connectivity index (χ4n) is 2.97. The summed E-state index contributed by atoms with van der Waals surface area (Å²) in [4.78, 5) is 23.9. The highest BCUT2D eigenvalue weighted by atomic mass is 16.5. The third-order valence-electron chi connectivity index (χ3n) is 4.74. The second-order valence-corrected chi connectivity index (χ2v) is 7.36. The van der Waals surface area contributed by atoms with Gasteiger partial charge in [-0.15, -0.1) is 0 Å². The number of likely N-dealkylation sites (tertiary alicyclic amines) is 1. The first-order valence-electron chi connectivity index (χ1n) is 9.27. The van der Waals surface area contributed by atoms with Crippen molar-refractivity contribution in [3.05, 3.63) is 47.3 Å². The number of pyridine rings is 1. The number of aromatic nitrogens is 2. The Labute approximate surface area is 160 Å². The Morgan fingerprint density at radius 3 is 2.93 bits per heavy atom. The van der Waals surface area contributed by atoms with Crippen LogP contribution in [0.4, 0.5) is 0 Å².